The topological polar surface area (TPSA) is 35.5 Å². The molecule has 1 fully saturated rings. The van der Waals surface area contributed by atoms with Crippen LogP contribution in [0.4, 0.5) is 5.69 Å². The maximum Gasteiger partial charge on any atom is 0.0662 e. The van der Waals surface area contributed by atoms with Crippen LogP contribution in [0.5, 0.6) is 0 Å². The summed E-state index contributed by atoms with van der Waals surface area (Å²) in [5, 5.41) is 13.4. The average Bonchev–Trinajstić information content (AvgIpc) is 2.64. The lowest BCUT2D eigenvalue weighted by molar-refractivity contribution is 0.192. The molecule has 3 heteroatoms. The second kappa shape index (κ2) is 6.92. The summed E-state index contributed by atoms with van der Waals surface area (Å²) < 4.78 is 0. The van der Waals surface area contributed by atoms with Crippen molar-refractivity contribution in [3.8, 4) is 0 Å². The van der Waals surface area contributed by atoms with E-state index in [4.69, 9.17) is 0 Å². The van der Waals surface area contributed by atoms with Gasteiger partial charge in [-0.15, -0.1) is 0 Å². The SMILES string of the molecule is CCCN1CCCC(CO)(Nc2ccccc2)CC1. The highest BCUT2D eigenvalue weighted by atomic mass is 16.3. The zero-order chi connectivity index (χ0) is 13.6. The molecule has 1 aliphatic heterocycles. The molecule has 0 amide bonds. The monoisotopic (exact) mass is 262 g/mol. The molecular formula is C16H26N2O. The highest BCUT2D eigenvalue weighted by Crippen LogP contribution is 2.26. The first-order valence-electron chi connectivity index (χ1n) is 7.44. The summed E-state index contributed by atoms with van der Waals surface area (Å²) in [5.74, 6) is 0. The third-order valence-electron chi connectivity index (χ3n) is 4.06. The Morgan fingerprint density at radius 1 is 1.21 bits per heavy atom. The van der Waals surface area contributed by atoms with Crippen LogP contribution < -0.4 is 5.32 Å². The molecule has 0 aromatic heterocycles. The molecule has 1 atom stereocenters. The van der Waals surface area contributed by atoms with Gasteiger partial charge in [0.2, 0.25) is 0 Å². The molecule has 1 aliphatic rings. The predicted octanol–water partition coefficient (Wildman–Crippen LogP) is 2.73. The standard InChI is InChI=1S/C16H26N2O/c1-2-11-18-12-6-9-16(14-19,10-13-18)17-15-7-4-3-5-8-15/h3-5,7-8,17,19H,2,6,9-14H2,1H3. The lowest BCUT2D eigenvalue weighted by Gasteiger charge is -2.33. The average molecular weight is 262 g/mol. The molecule has 19 heavy (non-hydrogen) atoms. The van der Waals surface area contributed by atoms with Crippen LogP contribution in [0.1, 0.15) is 32.6 Å². The van der Waals surface area contributed by atoms with Crippen molar-refractivity contribution in [3.05, 3.63) is 30.3 Å². The van der Waals surface area contributed by atoms with Gasteiger partial charge in [-0.25, -0.2) is 0 Å². The van der Waals surface area contributed by atoms with Gasteiger partial charge in [0, 0.05) is 12.2 Å². The van der Waals surface area contributed by atoms with Gasteiger partial charge in [-0.05, 0) is 50.9 Å². The van der Waals surface area contributed by atoms with Crippen molar-refractivity contribution >= 4 is 5.69 Å². The molecule has 1 saturated heterocycles. The molecule has 0 aliphatic carbocycles. The van der Waals surface area contributed by atoms with Crippen molar-refractivity contribution < 1.29 is 5.11 Å². The maximum absolute atomic E-state index is 9.86. The fourth-order valence-corrected chi connectivity index (χ4v) is 2.94. The number of para-hydroxylation sites is 1. The first kappa shape index (κ1) is 14.4. The number of aliphatic hydroxyl groups is 1. The Hall–Kier alpha value is -1.06. The van der Waals surface area contributed by atoms with E-state index < -0.39 is 0 Å². The fraction of sp³-hybridized carbons (Fsp3) is 0.625. The van der Waals surface area contributed by atoms with Crippen molar-refractivity contribution in [3.63, 3.8) is 0 Å². The third kappa shape index (κ3) is 3.95. The molecule has 1 heterocycles. The number of benzene rings is 1. The van der Waals surface area contributed by atoms with Crippen molar-refractivity contribution in [1.82, 2.24) is 4.90 Å². The van der Waals surface area contributed by atoms with Gasteiger partial charge >= 0.3 is 0 Å². The summed E-state index contributed by atoms with van der Waals surface area (Å²) in [5.41, 5.74) is 0.963. The molecule has 2 rings (SSSR count). The van der Waals surface area contributed by atoms with Gasteiger partial charge in [0.05, 0.1) is 12.1 Å². The van der Waals surface area contributed by atoms with E-state index in [1.165, 1.54) is 13.0 Å². The van der Waals surface area contributed by atoms with Gasteiger partial charge in [-0.2, -0.15) is 0 Å². The number of anilines is 1. The minimum Gasteiger partial charge on any atom is -0.394 e. The van der Waals surface area contributed by atoms with Crippen LogP contribution in [-0.2, 0) is 0 Å². The Bertz CT molecular complexity index is 368. The van der Waals surface area contributed by atoms with Gasteiger partial charge < -0.3 is 15.3 Å². The number of hydrogen-bond donors (Lipinski definition) is 2. The number of nitrogens with one attached hydrogen (secondary N) is 1. The van der Waals surface area contributed by atoms with Crippen molar-refractivity contribution in [2.45, 2.75) is 38.1 Å². The molecule has 0 bridgehead atoms. The van der Waals surface area contributed by atoms with E-state index in [0.717, 1.165) is 38.0 Å². The number of aliphatic hydroxyl groups excluding tert-OH is 1. The van der Waals surface area contributed by atoms with E-state index >= 15 is 0 Å². The van der Waals surface area contributed by atoms with Gasteiger partial charge in [0.1, 0.15) is 0 Å². The summed E-state index contributed by atoms with van der Waals surface area (Å²) in [6.45, 7) is 5.85. The maximum atomic E-state index is 9.86. The molecule has 0 spiro atoms. The van der Waals surface area contributed by atoms with E-state index in [1.807, 2.05) is 18.2 Å². The predicted molar refractivity (Wildman–Crippen MR) is 80.5 cm³/mol. The second-order valence-electron chi connectivity index (χ2n) is 5.62. The minimum absolute atomic E-state index is 0.149. The molecule has 1 aromatic rings. The Labute approximate surface area is 116 Å². The summed E-state index contributed by atoms with van der Waals surface area (Å²) in [4.78, 5) is 2.52. The van der Waals surface area contributed by atoms with Crippen molar-refractivity contribution in [1.29, 1.82) is 0 Å². The first-order valence-corrected chi connectivity index (χ1v) is 7.44. The minimum atomic E-state index is -0.149. The van der Waals surface area contributed by atoms with E-state index in [-0.39, 0.29) is 12.1 Å². The smallest absolute Gasteiger partial charge is 0.0662 e. The normalized spacial score (nSPS) is 24.9. The zero-order valence-corrected chi connectivity index (χ0v) is 11.9. The molecule has 106 valence electrons. The lowest BCUT2D eigenvalue weighted by atomic mass is 9.91. The Kier molecular flexibility index (Phi) is 5.23. The summed E-state index contributed by atoms with van der Waals surface area (Å²) >= 11 is 0. The highest BCUT2D eigenvalue weighted by Gasteiger charge is 2.31. The quantitative estimate of drug-likeness (QED) is 0.856. The van der Waals surface area contributed by atoms with Crippen LogP contribution in [0.3, 0.4) is 0 Å². The summed E-state index contributed by atoms with van der Waals surface area (Å²) in [6, 6.07) is 10.2. The molecule has 3 nitrogen and oxygen atoms in total. The fourth-order valence-electron chi connectivity index (χ4n) is 2.94. The highest BCUT2D eigenvalue weighted by molar-refractivity contribution is 5.45. The number of hydrogen-bond acceptors (Lipinski definition) is 3. The largest absolute Gasteiger partial charge is 0.394 e. The van der Waals surface area contributed by atoms with Gasteiger partial charge in [0.15, 0.2) is 0 Å². The molecular weight excluding hydrogens is 236 g/mol. The second-order valence-corrected chi connectivity index (χ2v) is 5.62. The van der Waals surface area contributed by atoms with E-state index in [9.17, 15) is 5.11 Å². The number of nitrogens with zero attached hydrogens (tertiary/aromatic N) is 1. The molecule has 1 aromatic carbocycles. The summed E-state index contributed by atoms with van der Waals surface area (Å²) in [6.07, 6.45) is 4.41. The summed E-state index contributed by atoms with van der Waals surface area (Å²) in [7, 11) is 0. The molecule has 0 saturated carbocycles. The van der Waals surface area contributed by atoms with Crippen LogP contribution >= 0.6 is 0 Å². The zero-order valence-electron chi connectivity index (χ0n) is 11.9. The van der Waals surface area contributed by atoms with Crippen LogP contribution in [0.2, 0.25) is 0 Å². The van der Waals surface area contributed by atoms with Crippen LogP contribution in [0, 0.1) is 0 Å². The lowest BCUT2D eigenvalue weighted by Crippen LogP contribution is -2.43. The Morgan fingerprint density at radius 2 is 2.00 bits per heavy atom. The van der Waals surface area contributed by atoms with Gasteiger partial charge in [-0.1, -0.05) is 25.1 Å². The molecule has 2 N–H and O–H groups in total. The van der Waals surface area contributed by atoms with Gasteiger partial charge in [0.25, 0.3) is 0 Å². The van der Waals surface area contributed by atoms with E-state index in [0.29, 0.717) is 0 Å². The molecule has 0 radical (unpaired) electrons. The van der Waals surface area contributed by atoms with Crippen molar-refractivity contribution in [2.24, 2.45) is 0 Å². The van der Waals surface area contributed by atoms with Crippen LogP contribution in [0.15, 0.2) is 30.3 Å². The number of rotatable bonds is 5. The third-order valence-corrected chi connectivity index (χ3v) is 4.06. The first-order chi connectivity index (χ1) is 9.28. The Balaban J connectivity index is 2.02. The number of likely N-dealkylation sites (tertiary alicyclic amines) is 1. The van der Waals surface area contributed by atoms with Crippen LogP contribution in [-0.4, -0.2) is 41.8 Å². The Morgan fingerprint density at radius 3 is 2.68 bits per heavy atom. The van der Waals surface area contributed by atoms with Crippen molar-refractivity contribution in [2.75, 3.05) is 31.6 Å². The van der Waals surface area contributed by atoms with E-state index in [1.54, 1.807) is 0 Å². The van der Waals surface area contributed by atoms with Crippen LogP contribution in [0.25, 0.3) is 0 Å². The molecule has 1 unspecified atom stereocenters. The van der Waals surface area contributed by atoms with Gasteiger partial charge in [-0.3, -0.25) is 0 Å². The van der Waals surface area contributed by atoms with E-state index in [2.05, 4.69) is 29.3 Å².